The maximum atomic E-state index is 12.9. The van der Waals surface area contributed by atoms with Crippen molar-refractivity contribution >= 4 is 11.7 Å². The summed E-state index contributed by atoms with van der Waals surface area (Å²) < 4.78 is 2.11. The third kappa shape index (κ3) is 4.49. The Bertz CT molecular complexity index is 720. The fourth-order valence-electron chi connectivity index (χ4n) is 4.27. The summed E-state index contributed by atoms with van der Waals surface area (Å²) in [5, 5.41) is 0. The van der Waals surface area contributed by atoms with Crippen molar-refractivity contribution in [2.75, 3.05) is 31.1 Å². The lowest BCUT2D eigenvalue weighted by molar-refractivity contribution is 0.0662. The zero-order valence-corrected chi connectivity index (χ0v) is 16.0. The number of hydrogen-bond donors (Lipinski definition) is 0. The van der Waals surface area contributed by atoms with Crippen molar-refractivity contribution in [2.45, 2.75) is 45.1 Å². The van der Waals surface area contributed by atoms with Crippen LogP contribution in [0.25, 0.3) is 0 Å². The third-order valence-electron chi connectivity index (χ3n) is 5.76. The Kier molecular flexibility index (Phi) is 5.70. The molecule has 27 heavy (non-hydrogen) atoms. The number of nitrogens with zero attached hydrogens (tertiary/aromatic N) is 5. The molecule has 2 aliphatic rings. The van der Waals surface area contributed by atoms with E-state index < -0.39 is 0 Å². The second-order valence-corrected chi connectivity index (χ2v) is 7.83. The van der Waals surface area contributed by atoms with Crippen molar-refractivity contribution in [3.63, 3.8) is 0 Å². The largest absolute Gasteiger partial charge is 0.357 e. The normalized spacial score (nSPS) is 21.1. The molecule has 1 amide bonds. The smallest absolute Gasteiger partial charge is 0.255 e. The third-order valence-corrected chi connectivity index (χ3v) is 5.76. The first-order valence-electron chi connectivity index (χ1n) is 10.3. The number of rotatable bonds is 4. The highest BCUT2D eigenvalue weighted by Crippen LogP contribution is 2.22. The van der Waals surface area contributed by atoms with Crippen LogP contribution in [-0.4, -0.2) is 51.5 Å². The molecule has 144 valence electrons. The Morgan fingerprint density at radius 2 is 1.93 bits per heavy atom. The minimum Gasteiger partial charge on any atom is -0.357 e. The first-order valence-corrected chi connectivity index (χ1v) is 10.3. The first kappa shape index (κ1) is 18.0. The Morgan fingerprint density at radius 3 is 2.63 bits per heavy atom. The lowest BCUT2D eigenvalue weighted by Gasteiger charge is -2.33. The molecule has 0 N–H and O–H groups in total. The molecule has 0 aromatic carbocycles. The molecule has 0 spiro atoms. The molecule has 4 rings (SSSR count). The zero-order chi connectivity index (χ0) is 18.5. The summed E-state index contributed by atoms with van der Waals surface area (Å²) in [4.78, 5) is 26.0. The predicted molar refractivity (Wildman–Crippen MR) is 106 cm³/mol. The number of pyridine rings is 1. The molecule has 4 heterocycles. The number of carbonyl (C=O) groups excluding carboxylic acids is 1. The van der Waals surface area contributed by atoms with E-state index in [1.165, 1.54) is 25.7 Å². The Labute approximate surface area is 161 Å². The van der Waals surface area contributed by atoms with Gasteiger partial charge in [-0.2, -0.15) is 0 Å². The number of carbonyl (C=O) groups is 1. The lowest BCUT2D eigenvalue weighted by atomic mass is 9.97. The number of aromatic nitrogens is 3. The van der Waals surface area contributed by atoms with Crippen LogP contribution in [0.5, 0.6) is 0 Å². The quantitative estimate of drug-likeness (QED) is 0.833. The summed E-state index contributed by atoms with van der Waals surface area (Å²) in [7, 11) is 0. The van der Waals surface area contributed by atoms with E-state index in [0.29, 0.717) is 11.5 Å². The molecule has 2 aromatic rings. The molecule has 1 atom stereocenters. The standard InChI is InChI=1S/C21H29N5O/c27-21(26-12-5-6-18(16-26)15-24-13-9-22-17-24)19-7-8-20(23-14-19)25-10-3-1-2-4-11-25/h7-9,13-14,17-18H,1-6,10-12,15-16H2. The summed E-state index contributed by atoms with van der Waals surface area (Å²) in [6, 6.07) is 3.97. The van der Waals surface area contributed by atoms with Crippen molar-refractivity contribution < 1.29 is 4.79 Å². The van der Waals surface area contributed by atoms with E-state index in [9.17, 15) is 4.79 Å². The summed E-state index contributed by atoms with van der Waals surface area (Å²) in [5.74, 6) is 1.60. The van der Waals surface area contributed by atoms with Crippen LogP contribution in [0.4, 0.5) is 5.82 Å². The molecule has 6 heteroatoms. The Balaban J connectivity index is 1.38. The van der Waals surface area contributed by atoms with Crippen molar-refractivity contribution in [3.05, 3.63) is 42.6 Å². The molecule has 0 radical (unpaired) electrons. The van der Waals surface area contributed by atoms with Crippen molar-refractivity contribution in [2.24, 2.45) is 5.92 Å². The maximum Gasteiger partial charge on any atom is 0.255 e. The van der Waals surface area contributed by atoms with E-state index in [4.69, 9.17) is 0 Å². The second-order valence-electron chi connectivity index (χ2n) is 7.83. The van der Waals surface area contributed by atoms with Crippen molar-refractivity contribution in [1.29, 1.82) is 0 Å². The van der Waals surface area contributed by atoms with Crippen molar-refractivity contribution in [1.82, 2.24) is 19.4 Å². The molecule has 2 aliphatic heterocycles. The van der Waals surface area contributed by atoms with E-state index in [1.54, 1.807) is 6.20 Å². The van der Waals surface area contributed by atoms with E-state index in [0.717, 1.165) is 51.4 Å². The van der Waals surface area contributed by atoms with Crippen LogP contribution >= 0.6 is 0 Å². The number of hydrogen-bond acceptors (Lipinski definition) is 4. The second kappa shape index (κ2) is 8.55. The molecule has 0 saturated carbocycles. The maximum absolute atomic E-state index is 12.9. The molecule has 2 aromatic heterocycles. The molecule has 6 nitrogen and oxygen atoms in total. The fraction of sp³-hybridized carbons (Fsp3) is 0.571. The highest BCUT2D eigenvalue weighted by atomic mass is 16.2. The van der Waals surface area contributed by atoms with Crippen LogP contribution in [0.15, 0.2) is 37.1 Å². The number of piperidine rings is 1. The Morgan fingerprint density at radius 1 is 1.07 bits per heavy atom. The highest BCUT2D eigenvalue weighted by molar-refractivity contribution is 5.94. The van der Waals surface area contributed by atoms with Gasteiger partial charge >= 0.3 is 0 Å². The van der Waals surface area contributed by atoms with Gasteiger partial charge in [0, 0.05) is 51.3 Å². The Hall–Kier alpha value is -2.37. The zero-order valence-electron chi connectivity index (χ0n) is 16.0. The molecule has 1 unspecified atom stereocenters. The fourth-order valence-corrected chi connectivity index (χ4v) is 4.27. The first-order chi connectivity index (χ1) is 13.3. The molecule has 0 aliphatic carbocycles. The minimum atomic E-state index is 0.111. The number of likely N-dealkylation sites (tertiary alicyclic amines) is 1. The minimum absolute atomic E-state index is 0.111. The van der Waals surface area contributed by atoms with Gasteiger partial charge in [-0.05, 0) is 43.7 Å². The number of imidazole rings is 1. The highest BCUT2D eigenvalue weighted by Gasteiger charge is 2.25. The van der Waals surface area contributed by atoms with Gasteiger partial charge in [-0.25, -0.2) is 9.97 Å². The average molecular weight is 367 g/mol. The summed E-state index contributed by atoms with van der Waals surface area (Å²) >= 11 is 0. The van der Waals surface area contributed by atoms with E-state index in [1.807, 2.05) is 35.8 Å². The van der Waals surface area contributed by atoms with Gasteiger partial charge < -0.3 is 14.4 Å². The van der Waals surface area contributed by atoms with Crippen LogP contribution in [0.3, 0.4) is 0 Å². The lowest BCUT2D eigenvalue weighted by Crippen LogP contribution is -2.41. The van der Waals surface area contributed by atoms with Crippen LogP contribution in [0, 0.1) is 5.92 Å². The van der Waals surface area contributed by atoms with Gasteiger partial charge in [-0.3, -0.25) is 4.79 Å². The van der Waals surface area contributed by atoms with Gasteiger partial charge in [0.25, 0.3) is 5.91 Å². The van der Waals surface area contributed by atoms with Gasteiger partial charge in [0.1, 0.15) is 5.82 Å². The van der Waals surface area contributed by atoms with Crippen molar-refractivity contribution in [3.8, 4) is 0 Å². The molecule has 2 fully saturated rings. The molecular weight excluding hydrogens is 338 g/mol. The van der Waals surface area contributed by atoms with E-state index in [-0.39, 0.29) is 5.91 Å². The van der Waals surface area contributed by atoms with Gasteiger partial charge in [0.15, 0.2) is 0 Å². The summed E-state index contributed by atoms with van der Waals surface area (Å²) in [6.07, 6.45) is 14.7. The monoisotopic (exact) mass is 367 g/mol. The van der Waals surface area contributed by atoms with E-state index >= 15 is 0 Å². The molecule has 2 saturated heterocycles. The van der Waals surface area contributed by atoms with Crippen LogP contribution in [0.2, 0.25) is 0 Å². The molecular formula is C21H29N5O. The van der Waals surface area contributed by atoms with Gasteiger partial charge in [0.2, 0.25) is 0 Å². The van der Waals surface area contributed by atoms with Gasteiger partial charge in [0.05, 0.1) is 11.9 Å². The summed E-state index contributed by atoms with van der Waals surface area (Å²) in [5.41, 5.74) is 0.705. The van der Waals surface area contributed by atoms with Crippen LogP contribution in [-0.2, 0) is 6.54 Å². The van der Waals surface area contributed by atoms with E-state index in [2.05, 4.69) is 19.4 Å². The van der Waals surface area contributed by atoms with Crippen LogP contribution < -0.4 is 4.90 Å². The van der Waals surface area contributed by atoms with Crippen LogP contribution in [0.1, 0.15) is 48.9 Å². The van der Waals surface area contributed by atoms with Gasteiger partial charge in [-0.15, -0.1) is 0 Å². The average Bonchev–Trinajstić information content (AvgIpc) is 3.07. The number of amides is 1. The van der Waals surface area contributed by atoms with Gasteiger partial charge in [-0.1, -0.05) is 12.8 Å². The predicted octanol–water partition coefficient (Wildman–Crippen LogP) is 3.21. The topological polar surface area (TPSA) is 54.3 Å². The number of anilines is 1. The summed E-state index contributed by atoms with van der Waals surface area (Å²) in [6.45, 7) is 4.72. The molecule has 0 bridgehead atoms. The SMILES string of the molecule is O=C(c1ccc(N2CCCCCC2)nc1)N1CCCC(Cn2ccnc2)C1.